The van der Waals surface area contributed by atoms with Gasteiger partial charge in [0.25, 0.3) is 0 Å². The number of hydrogen-bond donors (Lipinski definition) is 0. The third kappa shape index (κ3) is 3.37. The van der Waals surface area contributed by atoms with Gasteiger partial charge in [-0.3, -0.25) is 4.67 Å². The fourth-order valence-electron chi connectivity index (χ4n) is 3.05. The number of nitrogens with zero attached hydrogens (tertiary/aromatic N) is 1. The van der Waals surface area contributed by atoms with E-state index in [0.29, 0.717) is 6.04 Å². The molecule has 1 aliphatic heterocycles. The van der Waals surface area contributed by atoms with Crippen molar-refractivity contribution in [2.24, 2.45) is 0 Å². The van der Waals surface area contributed by atoms with Gasteiger partial charge in [-0.25, -0.2) is 0 Å². The second kappa shape index (κ2) is 6.66. The van der Waals surface area contributed by atoms with E-state index in [1.807, 2.05) is 0 Å². The van der Waals surface area contributed by atoms with Crippen LogP contribution in [0.4, 0.5) is 0 Å². The lowest BCUT2D eigenvalue weighted by molar-refractivity contribution is 0.774. The van der Waals surface area contributed by atoms with E-state index in [4.69, 9.17) is 0 Å². The van der Waals surface area contributed by atoms with Gasteiger partial charge in [-0.05, 0) is 22.6 Å². The molecule has 1 aliphatic rings. The number of hydrogen-bond acceptors (Lipinski definition) is 1. The average Bonchev–Trinajstić information content (AvgIpc) is 3.36. The zero-order valence-electron chi connectivity index (χ0n) is 13.0. The second-order valence-corrected chi connectivity index (χ2v) is 8.12. The molecule has 0 spiro atoms. The molecule has 2 heteroatoms. The molecule has 23 heavy (non-hydrogen) atoms. The van der Waals surface area contributed by atoms with Crippen LogP contribution in [0.15, 0.2) is 91.0 Å². The topological polar surface area (TPSA) is 3.01 Å². The van der Waals surface area contributed by atoms with Crippen molar-refractivity contribution in [3.05, 3.63) is 96.6 Å². The molecular formula is C21H20NP. The zero-order chi connectivity index (χ0) is 15.5. The molecule has 1 saturated heterocycles. The van der Waals surface area contributed by atoms with Crippen LogP contribution in [-0.2, 0) is 6.42 Å². The highest BCUT2D eigenvalue weighted by molar-refractivity contribution is 7.71. The quantitative estimate of drug-likeness (QED) is 0.508. The molecule has 1 unspecified atom stereocenters. The molecular weight excluding hydrogens is 297 g/mol. The number of rotatable bonds is 5. The third-order valence-corrected chi connectivity index (χ3v) is 6.84. The lowest BCUT2D eigenvalue weighted by Crippen LogP contribution is -2.18. The van der Waals surface area contributed by atoms with E-state index < -0.39 is 8.07 Å². The van der Waals surface area contributed by atoms with Crippen molar-refractivity contribution in [2.45, 2.75) is 12.5 Å². The largest absolute Gasteiger partial charge is 0.269 e. The standard InChI is InChI=1S/C21H20NP/c1-4-10-18(11-5-1)16-19-17-22(19)23(20-12-6-2-7-13-20)21-14-8-3-9-15-21/h1-15,19H,16-17H2/t19-,22?/m0/s1. The average molecular weight is 317 g/mol. The van der Waals surface area contributed by atoms with Crippen LogP contribution in [0.3, 0.4) is 0 Å². The van der Waals surface area contributed by atoms with Crippen molar-refractivity contribution in [3.8, 4) is 0 Å². The van der Waals surface area contributed by atoms with Crippen molar-refractivity contribution >= 4 is 18.7 Å². The van der Waals surface area contributed by atoms with E-state index in [-0.39, 0.29) is 0 Å². The van der Waals surface area contributed by atoms with E-state index in [1.165, 1.54) is 22.7 Å². The van der Waals surface area contributed by atoms with Gasteiger partial charge < -0.3 is 0 Å². The monoisotopic (exact) mass is 317 g/mol. The van der Waals surface area contributed by atoms with Crippen molar-refractivity contribution in [3.63, 3.8) is 0 Å². The van der Waals surface area contributed by atoms with Crippen molar-refractivity contribution in [1.29, 1.82) is 0 Å². The fraction of sp³-hybridized carbons (Fsp3) is 0.143. The summed E-state index contributed by atoms with van der Waals surface area (Å²) in [7, 11) is -0.401. The Morgan fingerprint density at radius 2 is 1.17 bits per heavy atom. The Balaban J connectivity index is 1.58. The zero-order valence-corrected chi connectivity index (χ0v) is 13.9. The maximum absolute atomic E-state index is 2.67. The van der Waals surface area contributed by atoms with Crippen molar-refractivity contribution in [2.75, 3.05) is 6.54 Å². The van der Waals surface area contributed by atoms with Crippen LogP contribution >= 0.6 is 8.07 Å². The SMILES string of the molecule is c1ccc(C[C@H]2CN2P(c2ccccc2)c2ccccc2)cc1. The van der Waals surface area contributed by atoms with Gasteiger partial charge in [-0.15, -0.1) is 0 Å². The molecule has 0 amide bonds. The summed E-state index contributed by atoms with van der Waals surface area (Å²) in [6.07, 6.45) is 1.15. The highest BCUT2D eigenvalue weighted by Gasteiger charge is 2.40. The molecule has 0 radical (unpaired) electrons. The first-order valence-corrected chi connectivity index (χ1v) is 9.42. The van der Waals surface area contributed by atoms with E-state index in [2.05, 4.69) is 95.7 Å². The normalized spacial score (nSPS) is 19.7. The van der Waals surface area contributed by atoms with Crippen LogP contribution < -0.4 is 10.6 Å². The first-order valence-electron chi connectivity index (χ1n) is 8.12. The van der Waals surface area contributed by atoms with Crippen LogP contribution in [0.2, 0.25) is 0 Å². The minimum Gasteiger partial charge on any atom is -0.269 e. The van der Waals surface area contributed by atoms with Gasteiger partial charge >= 0.3 is 0 Å². The van der Waals surface area contributed by atoms with E-state index in [0.717, 1.165) is 6.42 Å². The molecule has 4 rings (SSSR count). The van der Waals surface area contributed by atoms with E-state index >= 15 is 0 Å². The van der Waals surface area contributed by atoms with Gasteiger partial charge in [-0.1, -0.05) is 91.0 Å². The summed E-state index contributed by atoms with van der Waals surface area (Å²) >= 11 is 0. The molecule has 0 saturated carbocycles. The van der Waals surface area contributed by atoms with Gasteiger partial charge in [0.2, 0.25) is 0 Å². The van der Waals surface area contributed by atoms with Crippen molar-refractivity contribution in [1.82, 2.24) is 4.67 Å². The highest BCUT2D eigenvalue weighted by atomic mass is 31.1. The van der Waals surface area contributed by atoms with Crippen LogP contribution in [0, 0.1) is 0 Å². The maximum Gasteiger partial charge on any atom is 0.0312 e. The molecule has 0 aromatic heterocycles. The summed E-state index contributed by atoms with van der Waals surface area (Å²) in [6.45, 7) is 1.20. The Morgan fingerprint density at radius 3 is 1.70 bits per heavy atom. The van der Waals surface area contributed by atoms with Crippen LogP contribution in [0.25, 0.3) is 0 Å². The molecule has 0 aliphatic carbocycles. The van der Waals surface area contributed by atoms with Crippen LogP contribution in [-0.4, -0.2) is 17.3 Å². The van der Waals surface area contributed by atoms with E-state index in [1.54, 1.807) is 0 Å². The second-order valence-electron chi connectivity index (χ2n) is 5.95. The van der Waals surface area contributed by atoms with Gasteiger partial charge in [0.05, 0.1) is 0 Å². The summed E-state index contributed by atoms with van der Waals surface area (Å²) in [6, 6.07) is 33.4. The minimum atomic E-state index is -0.401. The van der Waals surface area contributed by atoms with Gasteiger partial charge in [0.15, 0.2) is 0 Å². The predicted molar refractivity (Wildman–Crippen MR) is 99.7 cm³/mol. The highest BCUT2D eigenvalue weighted by Crippen LogP contribution is 2.47. The van der Waals surface area contributed by atoms with Gasteiger partial charge in [0, 0.05) is 20.7 Å². The Bertz CT molecular complexity index is 703. The Labute approximate surface area is 139 Å². The third-order valence-electron chi connectivity index (χ3n) is 4.26. The predicted octanol–water partition coefficient (Wildman–Crippen LogP) is 3.96. The molecule has 1 nitrogen and oxygen atoms in total. The Hall–Kier alpha value is -1.95. The van der Waals surface area contributed by atoms with E-state index in [9.17, 15) is 0 Å². The summed E-state index contributed by atoms with van der Waals surface area (Å²) in [5.41, 5.74) is 1.44. The first kappa shape index (κ1) is 14.6. The smallest absolute Gasteiger partial charge is 0.0312 e. The molecule has 3 aromatic rings. The van der Waals surface area contributed by atoms with Crippen molar-refractivity contribution < 1.29 is 0 Å². The van der Waals surface area contributed by atoms with Gasteiger partial charge in [0.1, 0.15) is 0 Å². The molecule has 3 aromatic carbocycles. The molecule has 0 N–H and O–H groups in total. The maximum atomic E-state index is 2.67. The Kier molecular flexibility index (Phi) is 4.24. The molecule has 1 heterocycles. The lowest BCUT2D eigenvalue weighted by Gasteiger charge is -2.20. The van der Waals surface area contributed by atoms with Crippen LogP contribution in [0.5, 0.6) is 0 Å². The summed E-state index contributed by atoms with van der Waals surface area (Å²) in [4.78, 5) is 0. The lowest BCUT2D eigenvalue weighted by atomic mass is 10.1. The first-order chi connectivity index (χ1) is 11.4. The minimum absolute atomic E-state index is 0.401. The molecule has 114 valence electrons. The van der Waals surface area contributed by atoms with Crippen LogP contribution in [0.1, 0.15) is 5.56 Å². The summed E-state index contributed by atoms with van der Waals surface area (Å²) in [5.74, 6) is 0. The summed E-state index contributed by atoms with van der Waals surface area (Å²) in [5, 5.41) is 2.90. The molecule has 1 fully saturated rings. The molecule has 0 bridgehead atoms. The van der Waals surface area contributed by atoms with Gasteiger partial charge in [-0.2, -0.15) is 0 Å². The Morgan fingerprint density at radius 1 is 0.696 bits per heavy atom. The number of benzene rings is 3. The fourth-order valence-corrected chi connectivity index (χ4v) is 5.61. The molecule has 2 atom stereocenters. The summed E-state index contributed by atoms with van der Waals surface area (Å²) < 4.78 is 2.67.